The van der Waals surface area contributed by atoms with Crippen molar-refractivity contribution in [3.8, 4) is 11.5 Å². The summed E-state index contributed by atoms with van der Waals surface area (Å²) >= 11 is 0. The molecule has 1 heterocycles. The summed E-state index contributed by atoms with van der Waals surface area (Å²) in [4.78, 5) is -0.0532. The number of benzene rings is 2. The number of rotatable bonds is 5. The zero-order chi connectivity index (χ0) is 20.5. The van der Waals surface area contributed by atoms with Crippen molar-refractivity contribution in [2.45, 2.75) is 56.0 Å². The van der Waals surface area contributed by atoms with Crippen molar-refractivity contribution in [1.82, 2.24) is 5.06 Å². The van der Waals surface area contributed by atoms with E-state index >= 15 is 0 Å². The number of fused-ring (bicyclic) bond motifs is 1. The fourth-order valence-corrected chi connectivity index (χ4v) is 6.21. The summed E-state index contributed by atoms with van der Waals surface area (Å²) < 4.78 is 26.6. The molecule has 3 rings (SSSR count). The zero-order valence-corrected chi connectivity index (χ0v) is 17.0. The summed E-state index contributed by atoms with van der Waals surface area (Å²) in [5.41, 5.74) is -0.00170. The second kappa shape index (κ2) is 7.73. The number of nitrogens with zero attached hydrogens (tertiary/aromatic N) is 1. The van der Waals surface area contributed by atoms with Gasteiger partial charge in [-0.2, -0.15) is 5.06 Å². The van der Waals surface area contributed by atoms with Crippen LogP contribution < -0.4 is 0 Å². The van der Waals surface area contributed by atoms with Gasteiger partial charge in [-0.25, -0.2) is 8.42 Å². The van der Waals surface area contributed by atoms with Gasteiger partial charge in [0, 0.05) is 6.07 Å². The molecule has 28 heavy (non-hydrogen) atoms. The third-order valence-corrected chi connectivity index (χ3v) is 7.64. The largest absolute Gasteiger partial charge is 0.504 e. The molecule has 152 valence electrons. The highest BCUT2D eigenvalue weighted by Gasteiger charge is 2.48. The van der Waals surface area contributed by atoms with E-state index < -0.39 is 32.9 Å². The second-order valence-electron chi connectivity index (χ2n) is 7.48. The molecule has 7 heteroatoms. The van der Waals surface area contributed by atoms with Crippen LogP contribution in [0.25, 0.3) is 0 Å². The number of sulfone groups is 1. The fraction of sp³-hybridized carbons (Fsp3) is 0.429. The lowest BCUT2D eigenvalue weighted by Gasteiger charge is -2.42. The lowest BCUT2D eigenvalue weighted by molar-refractivity contribution is -0.193. The first-order chi connectivity index (χ1) is 13.3. The van der Waals surface area contributed by atoms with E-state index in [9.17, 15) is 23.8 Å². The third-order valence-electron chi connectivity index (χ3n) is 5.69. The van der Waals surface area contributed by atoms with Gasteiger partial charge in [-0.1, -0.05) is 57.0 Å². The number of hydroxylamine groups is 2. The second-order valence-corrected chi connectivity index (χ2v) is 9.44. The standard InChI is InChI=1S/C21H27NO5S/c1-3-5-11-21(4-2)14-28(26,27)19-13-18(24)17(23)12-16(19)20(22(21)25)15-9-7-6-8-10-15/h6-10,12-13,20,23-25H,3-5,11,14H2,1-2H3/t20-,21-/m1/s1. The normalized spacial score (nSPS) is 24.5. The average molecular weight is 406 g/mol. The summed E-state index contributed by atoms with van der Waals surface area (Å²) in [5.74, 6) is -1.16. The van der Waals surface area contributed by atoms with Crippen molar-refractivity contribution < 1.29 is 23.8 Å². The van der Waals surface area contributed by atoms with Crippen LogP contribution in [0.5, 0.6) is 11.5 Å². The molecule has 0 bridgehead atoms. The fourth-order valence-electron chi connectivity index (χ4n) is 4.05. The van der Waals surface area contributed by atoms with Crippen LogP contribution in [0.15, 0.2) is 47.4 Å². The Balaban J connectivity index is 2.32. The highest BCUT2D eigenvalue weighted by atomic mass is 32.2. The minimum Gasteiger partial charge on any atom is -0.504 e. The lowest BCUT2D eigenvalue weighted by atomic mass is 9.87. The molecule has 2 atom stereocenters. The first-order valence-electron chi connectivity index (χ1n) is 9.57. The van der Waals surface area contributed by atoms with Gasteiger partial charge in [0.15, 0.2) is 21.3 Å². The molecule has 0 fully saturated rings. The molecule has 0 saturated heterocycles. The number of phenolic OH excluding ortho intramolecular Hbond substituents is 2. The summed E-state index contributed by atoms with van der Waals surface area (Å²) in [6, 6.07) is 10.7. The van der Waals surface area contributed by atoms with Crippen LogP contribution in [0.3, 0.4) is 0 Å². The predicted molar refractivity (Wildman–Crippen MR) is 106 cm³/mol. The highest BCUT2D eigenvalue weighted by molar-refractivity contribution is 7.91. The van der Waals surface area contributed by atoms with Crippen molar-refractivity contribution in [1.29, 1.82) is 0 Å². The minimum absolute atomic E-state index is 0.0532. The van der Waals surface area contributed by atoms with Crippen molar-refractivity contribution in [3.05, 3.63) is 53.6 Å². The Kier molecular flexibility index (Phi) is 5.70. The molecule has 0 aliphatic carbocycles. The number of hydrogen-bond donors (Lipinski definition) is 3. The minimum atomic E-state index is -3.81. The molecule has 1 aliphatic heterocycles. The molecule has 2 aromatic carbocycles. The van der Waals surface area contributed by atoms with E-state index in [2.05, 4.69) is 0 Å². The molecule has 0 unspecified atom stereocenters. The monoisotopic (exact) mass is 405 g/mol. The number of unbranched alkanes of at least 4 members (excludes halogenated alkanes) is 1. The van der Waals surface area contributed by atoms with Gasteiger partial charge in [0.1, 0.15) is 0 Å². The van der Waals surface area contributed by atoms with Crippen LogP contribution in [-0.2, 0) is 9.84 Å². The van der Waals surface area contributed by atoms with Gasteiger partial charge in [-0.05, 0) is 30.0 Å². The first kappa shape index (κ1) is 20.6. The van der Waals surface area contributed by atoms with Crippen molar-refractivity contribution >= 4 is 9.84 Å². The molecular formula is C21H27NO5S. The van der Waals surface area contributed by atoms with Crippen LogP contribution in [0.2, 0.25) is 0 Å². The molecule has 0 spiro atoms. The van der Waals surface area contributed by atoms with E-state index in [1.54, 1.807) is 0 Å². The summed E-state index contributed by atoms with van der Waals surface area (Å²) in [6.45, 7) is 3.90. The van der Waals surface area contributed by atoms with Crippen molar-refractivity contribution in [3.63, 3.8) is 0 Å². The first-order valence-corrected chi connectivity index (χ1v) is 11.2. The molecular weight excluding hydrogens is 378 g/mol. The van der Waals surface area contributed by atoms with Gasteiger partial charge in [-0.3, -0.25) is 0 Å². The highest BCUT2D eigenvalue weighted by Crippen LogP contribution is 2.46. The number of phenols is 2. The van der Waals surface area contributed by atoms with Gasteiger partial charge in [0.2, 0.25) is 0 Å². The lowest BCUT2D eigenvalue weighted by Crippen LogP contribution is -2.51. The number of hydrogen-bond acceptors (Lipinski definition) is 6. The Morgan fingerprint density at radius 2 is 1.75 bits per heavy atom. The Labute approximate surface area is 165 Å². The smallest absolute Gasteiger partial charge is 0.180 e. The predicted octanol–water partition coefficient (Wildman–Crippen LogP) is 4.00. The van der Waals surface area contributed by atoms with E-state index in [0.29, 0.717) is 18.4 Å². The molecule has 6 nitrogen and oxygen atoms in total. The summed E-state index contributed by atoms with van der Waals surface area (Å²) in [5, 5.41) is 32.6. The van der Waals surface area contributed by atoms with Crippen LogP contribution in [0.4, 0.5) is 0 Å². The maximum atomic E-state index is 13.3. The van der Waals surface area contributed by atoms with E-state index in [-0.39, 0.29) is 16.2 Å². The molecule has 1 aliphatic rings. The molecule has 3 N–H and O–H groups in total. The van der Waals surface area contributed by atoms with Gasteiger partial charge in [0.25, 0.3) is 0 Å². The van der Waals surface area contributed by atoms with E-state index in [1.807, 2.05) is 44.2 Å². The maximum Gasteiger partial charge on any atom is 0.180 e. The van der Waals surface area contributed by atoms with Crippen LogP contribution >= 0.6 is 0 Å². The van der Waals surface area contributed by atoms with E-state index in [0.717, 1.165) is 24.0 Å². The van der Waals surface area contributed by atoms with Gasteiger partial charge >= 0.3 is 0 Å². The SMILES string of the molecule is CCCC[C@]1(CC)CS(=O)(=O)c2cc(O)c(O)cc2[C@@H](c2ccccc2)N1O. The Morgan fingerprint density at radius 1 is 1.11 bits per heavy atom. The van der Waals surface area contributed by atoms with Gasteiger partial charge in [0.05, 0.1) is 22.2 Å². The Morgan fingerprint density at radius 3 is 2.36 bits per heavy atom. The summed E-state index contributed by atoms with van der Waals surface area (Å²) in [7, 11) is -3.81. The summed E-state index contributed by atoms with van der Waals surface area (Å²) in [6.07, 6.45) is 2.61. The van der Waals surface area contributed by atoms with E-state index in [4.69, 9.17) is 0 Å². The molecule has 0 saturated carbocycles. The quantitative estimate of drug-likeness (QED) is 0.651. The van der Waals surface area contributed by atoms with Crippen LogP contribution in [0, 0.1) is 0 Å². The maximum absolute atomic E-state index is 13.3. The molecule has 0 amide bonds. The van der Waals surface area contributed by atoms with Crippen molar-refractivity contribution in [2.24, 2.45) is 0 Å². The number of aromatic hydroxyl groups is 2. The zero-order valence-electron chi connectivity index (χ0n) is 16.2. The van der Waals surface area contributed by atoms with Gasteiger partial charge in [-0.15, -0.1) is 0 Å². The topological polar surface area (TPSA) is 98.1 Å². The van der Waals surface area contributed by atoms with Crippen LogP contribution in [0.1, 0.15) is 56.7 Å². The van der Waals surface area contributed by atoms with Crippen molar-refractivity contribution in [2.75, 3.05) is 5.75 Å². The Bertz CT molecular complexity index is 945. The molecule has 0 radical (unpaired) electrons. The molecule has 0 aromatic heterocycles. The van der Waals surface area contributed by atoms with E-state index in [1.165, 1.54) is 6.07 Å². The Hall–Kier alpha value is -2.09. The third kappa shape index (κ3) is 3.50. The molecule has 2 aromatic rings. The van der Waals surface area contributed by atoms with Gasteiger partial charge < -0.3 is 15.4 Å². The average Bonchev–Trinajstić information content (AvgIpc) is 2.74. The van der Waals surface area contributed by atoms with Crippen LogP contribution in [-0.4, -0.2) is 40.2 Å².